The lowest BCUT2D eigenvalue weighted by atomic mass is 9.77. The molecule has 1 aromatic heterocycles. The van der Waals surface area contributed by atoms with E-state index >= 15 is 0 Å². The van der Waals surface area contributed by atoms with E-state index in [1.807, 2.05) is 93.6 Å². The van der Waals surface area contributed by atoms with E-state index < -0.39 is 11.1 Å². The van der Waals surface area contributed by atoms with Crippen molar-refractivity contribution in [2.75, 3.05) is 13.1 Å². The van der Waals surface area contributed by atoms with Crippen molar-refractivity contribution in [3.63, 3.8) is 0 Å². The Hall–Kier alpha value is -4.43. The predicted octanol–water partition coefficient (Wildman–Crippen LogP) is 7.77. The van der Waals surface area contributed by atoms with Gasteiger partial charge in [-0.25, -0.2) is 9.48 Å². The molecule has 0 aliphatic carbocycles. The standard InChI is InChI=1S/C37H37BrN4O3/c1-36(2,3)45-35(44)41-23-13-20-30(25-41)39-34(43)26-21-22-32-31(24-26)33(38)40-42(32)37(27-14-7-4-8-15-27,28-16-9-5-10-17-28)29-18-11-6-12-19-29/h4-12,14-19,21-22,24,30H,13,20,23,25H2,1-3H3,(H,39,43). The molecule has 8 heteroatoms. The number of nitrogens with one attached hydrogen (secondary N) is 1. The third kappa shape index (κ3) is 6.12. The van der Waals surface area contributed by atoms with E-state index in [0.717, 1.165) is 40.4 Å². The van der Waals surface area contributed by atoms with E-state index in [2.05, 4.69) is 62.3 Å². The third-order valence-electron chi connectivity index (χ3n) is 8.20. The van der Waals surface area contributed by atoms with Gasteiger partial charge in [-0.2, -0.15) is 5.10 Å². The van der Waals surface area contributed by atoms with Crippen LogP contribution in [-0.2, 0) is 10.3 Å². The Morgan fingerprint density at radius 3 is 1.93 bits per heavy atom. The molecule has 45 heavy (non-hydrogen) atoms. The van der Waals surface area contributed by atoms with Crippen molar-refractivity contribution >= 4 is 38.8 Å². The minimum Gasteiger partial charge on any atom is -0.444 e. The van der Waals surface area contributed by atoms with Crippen LogP contribution in [-0.4, -0.2) is 51.4 Å². The maximum Gasteiger partial charge on any atom is 0.410 e. The lowest BCUT2D eigenvalue weighted by molar-refractivity contribution is 0.0185. The number of ether oxygens (including phenoxy) is 1. The summed E-state index contributed by atoms with van der Waals surface area (Å²) in [7, 11) is 0. The van der Waals surface area contributed by atoms with Crippen molar-refractivity contribution < 1.29 is 14.3 Å². The fourth-order valence-corrected chi connectivity index (χ4v) is 6.72. The van der Waals surface area contributed by atoms with Gasteiger partial charge in [0, 0.05) is 30.1 Å². The zero-order valence-corrected chi connectivity index (χ0v) is 27.3. The molecule has 1 saturated heterocycles. The van der Waals surface area contributed by atoms with Crippen molar-refractivity contribution in [2.24, 2.45) is 0 Å². The van der Waals surface area contributed by atoms with E-state index in [0.29, 0.717) is 23.3 Å². The minimum atomic E-state index is -0.787. The van der Waals surface area contributed by atoms with Gasteiger partial charge in [0.1, 0.15) is 15.7 Å². The van der Waals surface area contributed by atoms with Crippen LogP contribution in [0.25, 0.3) is 10.9 Å². The lowest BCUT2D eigenvalue weighted by Gasteiger charge is -2.37. The summed E-state index contributed by atoms with van der Waals surface area (Å²) in [5.41, 5.74) is 3.24. The van der Waals surface area contributed by atoms with Crippen LogP contribution < -0.4 is 5.32 Å². The molecule has 1 atom stereocenters. The number of rotatable bonds is 6. The number of piperidine rings is 1. The topological polar surface area (TPSA) is 76.5 Å². The molecular weight excluding hydrogens is 628 g/mol. The Morgan fingerprint density at radius 1 is 0.844 bits per heavy atom. The molecule has 0 radical (unpaired) electrons. The number of hydrogen-bond acceptors (Lipinski definition) is 4. The van der Waals surface area contributed by atoms with Gasteiger partial charge in [-0.15, -0.1) is 0 Å². The van der Waals surface area contributed by atoms with E-state index in [9.17, 15) is 9.59 Å². The Bertz CT molecular complexity index is 1700. The molecule has 6 rings (SSSR count). The maximum atomic E-state index is 13.6. The zero-order valence-electron chi connectivity index (χ0n) is 25.7. The van der Waals surface area contributed by atoms with E-state index in [1.54, 1.807) is 4.90 Å². The number of hydrogen-bond donors (Lipinski definition) is 1. The molecule has 2 amide bonds. The van der Waals surface area contributed by atoms with Crippen molar-refractivity contribution in [3.05, 3.63) is 136 Å². The van der Waals surface area contributed by atoms with Gasteiger partial charge < -0.3 is 15.0 Å². The number of likely N-dealkylation sites (tertiary alicyclic amines) is 1. The number of fused-ring (bicyclic) bond motifs is 1. The van der Waals surface area contributed by atoms with Crippen molar-refractivity contribution in [3.8, 4) is 0 Å². The van der Waals surface area contributed by atoms with E-state index in [-0.39, 0.29) is 18.0 Å². The highest BCUT2D eigenvalue weighted by atomic mass is 79.9. The highest BCUT2D eigenvalue weighted by Crippen LogP contribution is 2.43. The fourth-order valence-electron chi connectivity index (χ4n) is 6.24. The van der Waals surface area contributed by atoms with Gasteiger partial charge in [-0.3, -0.25) is 4.79 Å². The molecule has 0 bridgehead atoms. The Kier molecular flexibility index (Phi) is 8.51. The molecule has 1 N–H and O–H groups in total. The van der Waals surface area contributed by atoms with Crippen LogP contribution in [0.5, 0.6) is 0 Å². The molecule has 5 aromatic rings. The second-order valence-electron chi connectivity index (χ2n) is 12.5. The van der Waals surface area contributed by atoms with Gasteiger partial charge in [0.05, 0.1) is 5.52 Å². The van der Waals surface area contributed by atoms with Gasteiger partial charge in [0.15, 0.2) is 0 Å². The van der Waals surface area contributed by atoms with Crippen molar-refractivity contribution in [2.45, 2.75) is 50.8 Å². The summed E-state index contributed by atoms with van der Waals surface area (Å²) < 4.78 is 8.27. The largest absolute Gasteiger partial charge is 0.444 e. The Morgan fingerprint density at radius 2 is 1.40 bits per heavy atom. The van der Waals surface area contributed by atoms with Crippen LogP contribution in [0.3, 0.4) is 0 Å². The second-order valence-corrected chi connectivity index (χ2v) is 13.2. The molecule has 1 aliphatic heterocycles. The summed E-state index contributed by atoms with van der Waals surface area (Å²) in [6.07, 6.45) is 1.24. The monoisotopic (exact) mass is 664 g/mol. The molecule has 0 saturated carbocycles. The van der Waals surface area contributed by atoms with Crippen LogP contribution in [0.4, 0.5) is 4.79 Å². The first-order chi connectivity index (χ1) is 21.7. The molecule has 4 aromatic carbocycles. The first-order valence-corrected chi connectivity index (χ1v) is 16.1. The number of carbonyl (C=O) groups is 2. The van der Waals surface area contributed by atoms with Gasteiger partial charge in [0.2, 0.25) is 0 Å². The first kappa shape index (κ1) is 30.6. The number of aromatic nitrogens is 2. The van der Waals surface area contributed by atoms with Gasteiger partial charge >= 0.3 is 6.09 Å². The first-order valence-electron chi connectivity index (χ1n) is 15.3. The number of halogens is 1. The predicted molar refractivity (Wildman–Crippen MR) is 180 cm³/mol. The number of carbonyl (C=O) groups excluding carboxylic acids is 2. The molecule has 0 spiro atoms. The molecule has 1 unspecified atom stereocenters. The molecule has 2 heterocycles. The van der Waals surface area contributed by atoms with Gasteiger partial charge in [-0.1, -0.05) is 91.0 Å². The maximum absolute atomic E-state index is 13.6. The summed E-state index contributed by atoms with van der Waals surface area (Å²) in [6, 6.07) is 36.7. The Balaban J connectivity index is 1.38. The molecule has 7 nitrogen and oxygen atoms in total. The summed E-state index contributed by atoms with van der Waals surface area (Å²) in [5, 5.41) is 9.09. The quantitative estimate of drug-likeness (QED) is 0.188. The van der Waals surface area contributed by atoms with Crippen molar-refractivity contribution in [1.82, 2.24) is 20.0 Å². The third-order valence-corrected chi connectivity index (χ3v) is 8.78. The van der Waals surface area contributed by atoms with E-state index in [4.69, 9.17) is 9.84 Å². The summed E-state index contributed by atoms with van der Waals surface area (Å²) in [5.74, 6) is -0.187. The van der Waals surface area contributed by atoms with Crippen molar-refractivity contribution in [1.29, 1.82) is 0 Å². The van der Waals surface area contributed by atoms with Crippen LogP contribution in [0.2, 0.25) is 0 Å². The summed E-state index contributed by atoms with van der Waals surface area (Å²) >= 11 is 3.74. The summed E-state index contributed by atoms with van der Waals surface area (Å²) in [6.45, 7) is 6.60. The lowest BCUT2D eigenvalue weighted by Crippen LogP contribution is -2.50. The second kappa shape index (κ2) is 12.5. The summed E-state index contributed by atoms with van der Waals surface area (Å²) in [4.78, 5) is 27.9. The van der Waals surface area contributed by atoms with Gasteiger partial charge in [-0.05, 0) is 84.4 Å². The van der Waals surface area contributed by atoms with Crippen LogP contribution in [0.15, 0.2) is 114 Å². The normalized spacial score (nSPS) is 15.6. The SMILES string of the molecule is CC(C)(C)OC(=O)N1CCCC(NC(=O)c2ccc3c(c2)c(Br)nn3C(c2ccccc2)(c2ccccc2)c2ccccc2)C1. The highest BCUT2D eigenvalue weighted by molar-refractivity contribution is 9.10. The average molecular weight is 666 g/mol. The molecule has 1 fully saturated rings. The zero-order chi connectivity index (χ0) is 31.6. The number of nitrogens with zero attached hydrogens (tertiary/aromatic N) is 3. The van der Waals surface area contributed by atoms with E-state index in [1.165, 1.54) is 0 Å². The van der Waals surface area contributed by atoms with Gasteiger partial charge in [0.25, 0.3) is 5.91 Å². The molecule has 1 aliphatic rings. The van der Waals surface area contributed by atoms with Crippen LogP contribution >= 0.6 is 15.9 Å². The van der Waals surface area contributed by atoms with Crippen LogP contribution in [0, 0.1) is 0 Å². The average Bonchev–Trinajstić information content (AvgIpc) is 3.38. The number of amides is 2. The smallest absolute Gasteiger partial charge is 0.410 e. The minimum absolute atomic E-state index is 0.164. The highest BCUT2D eigenvalue weighted by Gasteiger charge is 2.41. The molecular formula is C37H37BrN4O3. The van der Waals surface area contributed by atoms with Crippen LogP contribution in [0.1, 0.15) is 60.7 Å². The fraction of sp³-hybridized carbons (Fsp3) is 0.270. The molecule has 230 valence electrons. The number of benzene rings is 4. The Labute approximate surface area is 272 Å².